The third-order valence-electron chi connectivity index (χ3n) is 3.06. The molecule has 0 saturated heterocycles. The molecule has 0 aliphatic heterocycles. The van der Waals surface area contributed by atoms with Crippen LogP contribution in [0.15, 0.2) is 24.3 Å². The number of benzene rings is 1. The first-order valence-electron chi connectivity index (χ1n) is 5.32. The highest BCUT2D eigenvalue weighted by atomic mass is 127. The van der Waals surface area contributed by atoms with E-state index in [0.717, 1.165) is 3.57 Å². The second-order valence-corrected chi connectivity index (χ2v) is 5.48. The van der Waals surface area contributed by atoms with Crippen molar-refractivity contribution < 1.29 is 17.6 Å². The van der Waals surface area contributed by atoms with Crippen molar-refractivity contribution in [1.82, 2.24) is 0 Å². The van der Waals surface area contributed by atoms with Gasteiger partial charge in [-0.1, -0.05) is 12.1 Å². The van der Waals surface area contributed by atoms with E-state index in [0.29, 0.717) is 5.56 Å². The standard InChI is InChI=1S/C12H11F4I/c13-8-5-9(14)12(16)10(11(8)15)6-2-1-3-7(17)4-6/h1-4,8-12H,5H2/t8-,9+,10?,11-,12+. The zero-order valence-electron chi connectivity index (χ0n) is 8.79. The molecule has 94 valence electrons. The number of rotatable bonds is 1. The number of hydrogen-bond donors (Lipinski definition) is 0. The van der Waals surface area contributed by atoms with E-state index in [1.165, 1.54) is 6.07 Å². The molecule has 17 heavy (non-hydrogen) atoms. The van der Waals surface area contributed by atoms with Gasteiger partial charge in [0.05, 0.1) is 5.92 Å². The van der Waals surface area contributed by atoms with Gasteiger partial charge in [0, 0.05) is 9.99 Å². The summed E-state index contributed by atoms with van der Waals surface area (Å²) < 4.78 is 54.7. The van der Waals surface area contributed by atoms with Crippen molar-refractivity contribution in [3.8, 4) is 0 Å². The summed E-state index contributed by atoms with van der Waals surface area (Å²) in [5.41, 5.74) is 0.321. The number of hydrogen-bond acceptors (Lipinski definition) is 0. The molecule has 0 radical (unpaired) electrons. The van der Waals surface area contributed by atoms with Crippen LogP contribution in [0.25, 0.3) is 0 Å². The monoisotopic (exact) mass is 358 g/mol. The molecule has 1 aromatic rings. The number of halogens is 5. The lowest BCUT2D eigenvalue weighted by Crippen LogP contribution is -2.43. The fourth-order valence-electron chi connectivity index (χ4n) is 2.18. The molecule has 0 bridgehead atoms. The molecule has 5 heteroatoms. The van der Waals surface area contributed by atoms with Crippen LogP contribution in [0.3, 0.4) is 0 Å². The minimum atomic E-state index is -1.98. The lowest BCUT2D eigenvalue weighted by Gasteiger charge is -2.34. The third-order valence-corrected chi connectivity index (χ3v) is 3.73. The summed E-state index contributed by atoms with van der Waals surface area (Å²) in [5, 5.41) is 0. The van der Waals surface area contributed by atoms with Crippen LogP contribution < -0.4 is 0 Å². The molecule has 1 unspecified atom stereocenters. The van der Waals surface area contributed by atoms with Crippen LogP contribution in [-0.4, -0.2) is 24.7 Å². The Labute approximate surface area is 111 Å². The Morgan fingerprint density at radius 2 is 1.59 bits per heavy atom. The molecule has 0 spiro atoms. The molecule has 0 N–H and O–H groups in total. The van der Waals surface area contributed by atoms with Gasteiger partial charge in [0.15, 0.2) is 0 Å². The molecule has 1 aromatic carbocycles. The van der Waals surface area contributed by atoms with Crippen LogP contribution in [0.5, 0.6) is 0 Å². The van der Waals surface area contributed by atoms with E-state index in [2.05, 4.69) is 0 Å². The quantitative estimate of drug-likeness (QED) is 0.523. The van der Waals surface area contributed by atoms with Crippen LogP contribution >= 0.6 is 22.6 Å². The van der Waals surface area contributed by atoms with Crippen LogP contribution in [0.2, 0.25) is 0 Å². The van der Waals surface area contributed by atoms with Gasteiger partial charge in [0.25, 0.3) is 0 Å². The van der Waals surface area contributed by atoms with Crippen LogP contribution in [0, 0.1) is 3.57 Å². The molecular formula is C12H11F4I. The predicted molar refractivity (Wildman–Crippen MR) is 66.1 cm³/mol. The maximum Gasteiger partial charge on any atom is 0.141 e. The Balaban J connectivity index is 2.34. The normalized spacial score (nSPS) is 38.1. The van der Waals surface area contributed by atoms with E-state index in [9.17, 15) is 17.6 Å². The van der Waals surface area contributed by atoms with Gasteiger partial charge in [-0.3, -0.25) is 0 Å². The molecular weight excluding hydrogens is 347 g/mol. The topological polar surface area (TPSA) is 0 Å². The van der Waals surface area contributed by atoms with Gasteiger partial charge in [0.1, 0.15) is 24.7 Å². The summed E-state index contributed by atoms with van der Waals surface area (Å²) in [6.45, 7) is 0. The first-order valence-corrected chi connectivity index (χ1v) is 6.40. The van der Waals surface area contributed by atoms with Crippen molar-refractivity contribution in [1.29, 1.82) is 0 Å². The van der Waals surface area contributed by atoms with Gasteiger partial charge < -0.3 is 0 Å². The van der Waals surface area contributed by atoms with Crippen molar-refractivity contribution in [2.45, 2.75) is 37.0 Å². The molecule has 0 heterocycles. The van der Waals surface area contributed by atoms with Crippen molar-refractivity contribution in [2.75, 3.05) is 0 Å². The van der Waals surface area contributed by atoms with Crippen molar-refractivity contribution in [2.24, 2.45) is 0 Å². The largest absolute Gasteiger partial charge is 0.244 e. The van der Waals surface area contributed by atoms with Crippen molar-refractivity contribution in [3.05, 3.63) is 33.4 Å². The summed E-state index contributed by atoms with van der Waals surface area (Å²) in [6.07, 6.45) is -8.51. The average Bonchev–Trinajstić information content (AvgIpc) is 2.27. The Kier molecular flexibility index (Phi) is 3.95. The average molecular weight is 358 g/mol. The minimum absolute atomic E-state index is 0.321. The molecule has 0 amide bonds. The molecule has 1 fully saturated rings. The van der Waals surface area contributed by atoms with Crippen LogP contribution in [-0.2, 0) is 0 Å². The smallest absolute Gasteiger partial charge is 0.141 e. The molecule has 2 rings (SSSR count). The van der Waals surface area contributed by atoms with E-state index in [1.54, 1.807) is 18.2 Å². The van der Waals surface area contributed by atoms with Gasteiger partial charge in [-0.15, -0.1) is 0 Å². The second-order valence-electron chi connectivity index (χ2n) is 4.24. The van der Waals surface area contributed by atoms with E-state index in [4.69, 9.17) is 0 Å². The highest BCUT2D eigenvalue weighted by Gasteiger charge is 2.47. The van der Waals surface area contributed by atoms with E-state index < -0.39 is 37.0 Å². The van der Waals surface area contributed by atoms with Gasteiger partial charge in [-0.05, 0) is 40.3 Å². The first-order chi connectivity index (χ1) is 8.00. The van der Waals surface area contributed by atoms with E-state index in [1.807, 2.05) is 22.6 Å². The van der Waals surface area contributed by atoms with Crippen molar-refractivity contribution >= 4 is 22.6 Å². The zero-order valence-corrected chi connectivity index (χ0v) is 11.0. The van der Waals surface area contributed by atoms with Gasteiger partial charge in [-0.2, -0.15) is 0 Å². The fourth-order valence-corrected chi connectivity index (χ4v) is 2.75. The Morgan fingerprint density at radius 3 is 2.12 bits per heavy atom. The lowest BCUT2D eigenvalue weighted by molar-refractivity contribution is -0.00572. The second kappa shape index (κ2) is 5.12. The molecule has 0 nitrogen and oxygen atoms in total. The summed E-state index contributed by atoms with van der Waals surface area (Å²) in [4.78, 5) is 0. The summed E-state index contributed by atoms with van der Waals surface area (Å²) in [5.74, 6) is -1.34. The Hall–Kier alpha value is -0.330. The molecule has 1 aliphatic rings. The molecule has 0 aromatic heterocycles. The van der Waals surface area contributed by atoms with E-state index >= 15 is 0 Å². The highest BCUT2D eigenvalue weighted by molar-refractivity contribution is 14.1. The third kappa shape index (κ3) is 2.58. The summed E-state index contributed by atoms with van der Waals surface area (Å²) in [6, 6.07) is 6.46. The fraction of sp³-hybridized carbons (Fsp3) is 0.500. The maximum absolute atomic E-state index is 13.7. The summed E-state index contributed by atoms with van der Waals surface area (Å²) >= 11 is 1.99. The van der Waals surface area contributed by atoms with Gasteiger partial charge in [-0.25, -0.2) is 17.6 Å². The number of alkyl halides is 4. The molecule has 1 saturated carbocycles. The Bertz CT molecular complexity index is 384. The highest BCUT2D eigenvalue weighted by Crippen LogP contribution is 2.40. The summed E-state index contributed by atoms with van der Waals surface area (Å²) in [7, 11) is 0. The van der Waals surface area contributed by atoms with E-state index in [-0.39, 0.29) is 0 Å². The predicted octanol–water partition coefficient (Wildman–Crippen LogP) is 4.13. The minimum Gasteiger partial charge on any atom is -0.244 e. The molecule has 1 aliphatic carbocycles. The first kappa shape index (κ1) is 13.1. The van der Waals surface area contributed by atoms with Gasteiger partial charge >= 0.3 is 0 Å². The van der Waals surface area contributed by atoms with Crippen molar-refractivity contribution in [3.63, 3.8) is 0 Å². The molecule has 5 atom stereocenters. The van der Waals surface area contributed by atoms with Crippen LogP contribution in [0.4, 0.5) is 17.6 Å². The SMILES string of the molecule is F[C@@H]1C[C@H](F)[C@H](F)C(c2cccc(I)c2)[C@@H]1F. The Morgan fingerprint density at radius 1 is 1.00 bits per heavy atom. The lowest BCUT2D eigenvalue weighted by atomic mass is 9.79. The van der Waals surface area contributed by atoms with Gasteiger partial charge in [0.2, 0.25) is 0 Å². The zero-order chi connectivity index (χ0) is 12.6. The van der Waals surface area contributed by atoms with Crippen LogP contribution in [0.1, 0.15) is 17.9 Å². The maximum atomic E-state index is 13.7.